The summed E-state index contributed by atoms with van der Waals surface area (Å²) in [6, 6.07) is 9.81. The van der Waals surface area contributed by atoms with Gasteiger partial charge in [-0.2, -0.15) is 4.89 Å². The van der Waals surface area contributed by atoms with Crippen LogP contribution in [0.2, 0.25) is 0 Å². The number of hydrogen-bond acceptors (Lipinski definition) is 3. The highest BCUT2D eigenvalue weighted by Crippen LogP contribution is 2.04. The van der Waals surface area contributed by atoms with E-state index in [0.717, 1.165) is 5.56 Å². The number of rotatable bonds is 5. The summed E-state index contributed by atoms with van der Waals surface area (Å²) in [5.74, 6) is 0.269. The van der Waals surface area contributed by atoms with Crippen molar-refractivity contribution in [3.05, 3.63) is 47.9 Å². The molecule has 2 N–H and O–H groups in total. The molecule has 0 aliphatic rings. The molecule has 1 rings (SSSR count). The van der Waals surface area contributed by atoms with Crippen molar-refractivity contribution in [2.24, 2.45) is 11.7 Å². The van der Waals surface area contributed by atoms with Gasteiger partial charge in [0, 0.05) is 5.70 Å². The van der Waals surface area contributed by atoms with E-state index in [1.54, 1.807) is 0 Å². The molecule has 15 heavy (non-hydrogen) atoms. The Bertz CT molecular complexity index is 307. The van der Waals surface area contributed by atoms with E-state index in [-0.39, 0.29) is 5.92 Å². The van der Waals surface area contributed by atoms with Crippen LogP contribution in [0.3, 0.4) is 0 Å². The van der Waals surface area contributed by atoms with E-state index in [0.29, 0.717) is 12.3 Å². The highest BCUT2D eigenvalue weighted by Gasteiger charge is 1.97. The second kappa shape index (κ2) is 6.09. The van der Waals surface area contributed by atoms with Gasteiger partial charge >= 0.3 is 0 Å². The normalized spacial score (nSPS) is 11.8. The van der Waals surface area contributed by atoms with Crippen LogP contribution in [-0.4, -0.2) is 0 Å². The van der Waals surface area contributed by atoms with E-state index in [1.165, 1.54) is 6.26 Å². The molecule has 0 radical (unpaired) electrons. The maximum atomic E-state index is 5.65. The Labute approximate surface area is 90.4 Å². The quantitative estimate of drug-likeness (QED) is 0.349. The fourth-order valence-corrected chi connectivity index (χ4v) is 0.902. The zero-order chi connectivity index (χ0) is 11.1. The summed E-state index contributed by atoms with van der Waals surface area (Å²) < 4.78 is 0. The Balaban J connectivity index is 2.26. The maximum Gasteiger partial charge on any atom is 0.148 e. The van der Waals surface area contributed by atoms with Gasteiger partial charge in [0.05, 0.1) is 0 Å². The Hall–Kier alpha value is -1.48. The summed E-state index contributed by atoms with van der Waals surface area (Å²) in [6.07, 6.45) is 1.44. The molecule has 0 saturated heterocycles. The minimum atomic E-state index is 0.269. The predicted molar refractivity (Wildman–Crippen MR) is 59.4 cm³/mol. The molecule has 0 spiro atoms. The standard InChI is InChI=1S/C12H17NO2/c1-10(2)12(13)9-15-14-8-11-6-4-3-5-7-11/h3-7,9-10H,8,13H2,1-2H3/b12-9-. The number of benzene rings is 1. The molecule has 0 heterocycles. The first kappa shape index (κ1) is 11.6. The molecule has 0 aromatic heterocycles. The van der Waals surface area contributed by atoms with Crippen LogP contribution in [0, 0.1) is 5.92 Å². The van der Waals surface area contributed by atoms with Gasteiger partial charge in [-0.15, -0.1) is 0 Å². The first-order chi connectivity index (χ1) is 7.20. The van der Waals surface area contributed by atoms with Crippen molar-refractivity contribution in [2.75, 3.05) is 0 Å². The smallest absolute Gasteiger partial charge is 0.148 e. The Morgan fingerprint density at radius 3 is 2.60 bits per heavy atom. The fourth-order valence-electron chi connectivity index (χ4n) is 0.902. The third-order valence-corrected chi connectivity index (χ3v) is 1.99. The summed E-state index contributed by atoms with van der Waals surface area (Å²) in [4.78, 5) is 9.86. The molecule has 3 nitrogen and oxygen atoms in total. The largest absolute Gasteiger partial charge is 0.399 e. The average molecular weight is 207 g/mol. The molecule has 0 fully saturated rings. The summed E-state index contributed by atoms with van der Waals surface area (Å²) >= 11 is 0. The van der Waals surface area contributed by atoms with Crippen LogP contribution in [-0.2, 0) is 16.4 Å². The molecule has 0 bridgehead atoms. The van der Waals surface area contributed by atoms with E-state index in [4.69, 9.17) is 15.5 Å². The van der Waals surface area contributed by atoms with E-state index < -0.39 is 0 Å². The van der Waals surface area contributed by atoms with Crippen molar-refractivity contribution in [3.63, 3.8) is 0 Å². The molecule has 82 valence electrons. The van der Waals surface area contributed by atoms with Crippen molar-refractivity contribution in [2.45, 2.75) is 20.5 Å². The van der Waals surface area contributed by atoms with Crippen LogP contribution >= 0.6 is 0 Å². The van der Waals surface area contributed by atoms with Gasteiger partial charge in [-0.3, -0.25) is 0 Å². The fraction of sp³-hybridized carbons (Fsp3) is 0.333. The molecule has 1 aromatic rings. The van der Waals surface area contributed by atoms with Crippen molar-refractivity contribution in [1.82, 2.24) is 0 Å². The van der Waals surface area contributed by atoms with Crippen molar-refractivity contribution in [3.8, 4) is 0 Å². The van der Waals surface area contributed by atoms with Crippen LogP contribution in [0.1, 0.15) is 19.4 Å². The summed E-state index contributed by atoms with van der Waals surface area (Å²) in [7, 11) is 0. The van der Waals surface area contributed by atoms with Crippen molar-refractivity contribution >= 4 is 0 Å². The van der Waals surface area contributed by atoms with E-state index in [2.05, 4.69) is 0 Å². The molecular formula is C12H17NO2. The highest BCUT2D eigenvalue weighted by atomic mass is 17.2. The molecule has 0 atom stereocenters. The van der Waals surface area contributed by atoms with E-state index in [1.807, 2.05) is 44.2 Å². The van der Waals surface area contributed by atoms with Gasteiger partial charge in [0.1, 0.15) is 12.9 Å². The first-order valence-corrected chi connectivity index (χ1v) is 4.98. The van der Waals surface area contributed by atoms with Crippen LogP contribution in [0.5, 0.6) is 0 Å². The molecule has 0 aliphatic carbocycles. The zero-order valence-corrected chi connectivity index (χ0v) is 9.14. The Morgan fingerprint density at radius 1 is 1.33 bits per heavy atom. The van der Waals surface area contributed by atoms with Gasteiger partial charge in [-0.25, -0.2) is 0 Å². The number of allylic oxidation sites excluding steroid dienone is 1. The molecule has 0 unspecified atom stereocenters. The molecular weight excluding hydrogens is 190 g/mol. The molecule has 3 heteroatoms. The Kier molecular flexibility index (Phi) is 4.71. The van der Waals surface area contributed by atoms with Crippen molar-refractivity contribution < 1.29 is 9.78 Å². The van der Waals surface area contributed by atoms with Crippen LogP contribution < -0.4 is 5.73 Å². The van der Waals surface area contributed by atoms with Crippen molar-refractivity contribution in [1.29, 1.82) is 0 Å². The third kappa shape index (κ3) is 4.51. The van der Waals surface area contributed by atoms with Gasteiger partial charge < -0.3 is 10.6 Å². The first-order valence-electron chi connectivity index (χ1n) is 4.98. The summed E-state index contributed by atoms with van der Waals surface area (Å²) in [6.45, 7) is 4.40. The van der Waals surface area contributed by atoms with Crippen LogP contribution in [0.4, 0.5) is 0 Å². The maximum absolute atomic E-state index is 5.65. The highest BCUT2D eigenvalue weighted by molar-refractivity contribution is 5.13. The third-order valence-electron chi connectivity index (χ3n) is 1.99. The molecule has 0 aliphatic heterocycles. The van der Waals surface area contributed by atoms with Crippen LogP contribution in [0.15, 0.2) is 42.3 Å². The van der Waals surface area contributed by atoms with Gasteiger partial charge in [0.25, 0.3) is 0 Å². The summed E-state index contributed by atoms with van der Waals surface area (Å²) in [5.41, 5.74) is 7.39. The number of nitrogens with two attached hydrogens (primary N) is 1. The van der Waals surface area contributed by atoms with Gasteiger partial charge in [0.2, 0.25) is 0 Å². The van der Waals surface area contributed by atoms with Gasteiger partial charge in [0.15, 0.2) is 0 Å². The van der Waals surface area contributed by atoms with Gasteiger partial charge in [-0.1, -0.05) is 44.2 Å². The lowest BCUT2D eigenvalue weighted by Crippen LogP contribution is -2.05. The minimum Gasteiger partial charge on any atom is -0.399 e. The lowest BCUT2D eigenvalue weighted by Gasteiger charge is -2.05. The molecule has 1 aromatic carbocycles. The zero-order valence-electron chi connectivity index (χ0n) is 9.14. The second-order valence-corrected chi connectivity index (χ2v) is 3.62. The lowest BCUT2D eigenvalue weighted by molar-refractivity contribution is -0.259. The minimum absolute atomic E-state index is 0.269. The Morgan fingerprint density at radius 2 is 2.00 bits per heavy atom. The molecule has 0 saturated carbocycles. The SMILES string of the molecule is CC(C)/C(N)=C/OOCc1ccccc1. The monoisotopic (exact) mass is 207 g/mol. The topological polar surface area (TPSA) is 44.5 Å². The van der Waals surface area contributed by atoms with E-state index >= 15 is 0 Å². The van der Waals surface area contributed by atoms with Gasteiger partial charge in [-0.05, 0) is 11.5 Å². The second-order valence-electron chi connectivity index (χ2n) is 3.62. The lowest BCUT2D eigenvalue weighted by atomic mass is 10.2. The van der Waals surface area contributed by atoms with Crippen LogP contribution in [0.25, 0.3) is 0 Å². The number of hydrogen-bond donors (Lipinski definition) is 1. The van der Waals surface area contributed by atoms with E-state index in [9.17, 15) is 0 Å². The predicted octanol–water partition coefficient (Wildman–Crippen LogP) is 2.59. The summed E-state index contributed by atoms with van der Waals surface area (Å²) in [5, 5.41) is 0. The average Bonchev–Trinajstić information content (AvgIpc) is 2.25. The molecule has 0 amide bonds.